The van der Waals surface area contributed by atoms with E-state index >= 15 is 0 Å². The minimum absolute atomic E-state index is 0.0460. The number of benzene rings is 1. The molecule has 0 unspecified atom stereocenters. The summed E-state index contributed by atoms with van der Waals surface area (Å²) in [7, 11) is -1.59. The lowest BCUT2D eigenvalue weighted by atomic mass is 9.71. The predicted octanol–water partition coefficient (Wildman–Crippen LogP) is 2.36. The normalized spacial score (nSPS) is 26.2. The summed E-state index contributed by atoms with van der Waals surface area (Å²) in [4.78, 5) is 2.23. The zero-order valence-electron chi connectivity index (χ0n) is 15.1. The van der Waals surface area contributed by atoms with Gasteiger partial charge >= 0.3 is 10.4 Å². The first-order valence-electron chi connectivity index (χ1n) is 8.56. The molecule has 0 fully saturated rings. The van der Waals surface area contributed by atoms with Gasteiger partial charge in [-0.2, -0.15) is 8.42 Å². The van der Waals surface area contributed by atoms with Crippen molar-refractivity contribution in [1.82, 2.24) is 4.90 Å². The van der Waals surface area contributed by atoms with Gasteiger partial charge in [0.25, 0.3) is 0 Å². The van der Waals surface area contributed by atoms with Crippen LogP contribution >= 0.6 is 0 Å². The van der Waals surface area contributed by atoms with Crippen LogP contribution in [0, 0.1) is 0 Å². The van der Waals surface area contributed by atoms with Gasteiger partial charge in [-0.3, -0.25) is 4.55 Å². The summed E-state index contributed by atoms with van der Waals surface area (Å²) < 4.78 is 47.4. The maximum atomic E-state index is 11.3. The predicted molar refractivity (Wildman–Crippen MR) is 99.0 cm³/mol. The fraction of sp³-hybridized carbons (Fsp3) is 0.368. The Kier molecular flexibility index (Phi) is 4.10. The zero-order valence-corrected chi connectivity index (χ0v) is 16.0. The van der Waals surface area contributed by atoms with Crippen LogP contribution in [0.15, 0.2) is 48.2 Å². The van der Waals surface area contributed by atoms with Crippen molar-refractivity contribution in [2.45, 2.75) is 24.5 Å². The molecule has 1 aromatic rings. The first kappa shape index (κ1) is 18.1. The minimum Gasteiger partial charge on any atom is -0.493 e. The van der Waals surface area contributed by atoms with Crippen LogP contribution in [0.5, 0.6) is 11.5 Å². The number of allylic oxidation sites excluding steroid dienone is 1. The van der Waals surface area contributed by atoms with Crippen molar-refractivity contribution >= 4 is 10.4 Å². The van der Waals surface area contributed by atoms with Crippen LogP contribution in [0.4, 0.5) is 0 Å². The van der Waals surface area contributed by atoms with E-state index in [1.54, 1.807) is 19.2 Å². The van der Waals surface area contributed by atoms with E-state index in [4.69, 9.17) is 18.2 Å². The quantitative estimate of drug-likeness (QED) is 0.789. The standard InChI is InChI=1S/C19H21NO6S/c1-12-8-14-4-5-15(24-2)11-19(14)16-10-18(26-27(21,22)23)17(25-3)9-13(16)6-7-20(12)19/h4-5,8-10,15H,1,6-7,11H2,2-3H3,(H,21,22,23)/t15-,19-/m0/s1. The number of hydrogen-bond donors (Lipinski definition) is 1. The Morgan fingerprint density at radius 1 is 1.30 bits per heavy atom. The molecule has 0 radical (unpaired) electrons. The molecule has 2 atom stereocenters. The van der Waals surface area contributed by atoms with Crippen molar-refractivity contribution < 1.29 is 26.6 Å². The molecule has 2 heterocycles. The number of hydrogen-bond acceptors (Lipinski definition) is 6. The van der Waals surface area contributed by atoms with Crippen LogP contribution in [0.2, 0.25) is 0 Å². The van der Waals surface area contributed by atoms with Crippen LogP contribution in [-0.4, -0.2) is 44.7 Å². The largest absolute Gasteiger partial charge is 0.493 e. The second-order valence-electron chi connectivity index (χ2n) is 6.86. The van der Waals surface area contributed by atoms with E-state index in [9.17, 15) is 8.42 Å². The zero-order chi connectivity index (χ0) is 19.4. The summed E-state index contributed by atoms with van der Waals surface area (Å²) in [6.07, 6.45) is 7.42. The van der Waals surface area contributed by atoms with Crippen LogP contribution < -0.4 is 8.92 Å². The third-order valence-electron chi connectivity index (χ3n) is 5.53. The van der Waals surface area contributed by atoms with Gasteiger partial charge in [0, 0.05) is 25.8 Å². The van der Waals surface area contributed by atoms with E-state index in [0.717, 1.165) is 35.4 Å². The number of nitrogens with zero attached hydrogens (tertiary/aromatic N) is 1. The van der Waals surface area contributed by atoms with Gasteiger partial charge in [0.15, 0.2) is 11.5 Å². The van der Waals surface area contributed by atoms with Crippen LogP contribution in [0.25, 0.3) is 0 Å². The van der Waals surface area contributed by atoms with Gasteiger partial charge in [-0.15, -0.1) is 0 Å². The SMILES string of the molecule is C=C1C=C2C=C[C@H](OC)C[C@@]23c2cc(OS(=O)(=O)O)c(OC)cc2CCN13. The summed E-state index contributed by atoms with van der Waals surface area (Å²) in [6, 6.07) is 3.42. The third-order valence-corrected chi connectivity index (χ3v) is 5.92. The molecule has 7 nitrogen and oxygen atoms in total. The molecule has 1 N–H and O–H groups in total. The summed E-state index contributed by atoms with van der Waals surface area (Å²) in [5, 5.41) is 0. The maximum absolute atomic E-state index is 11.3. The Morgan fingerprint density at radius 2 is 2.07 bits per heavy atom. The Balaban J connectivity index is 1.93. The number of methoxy groups -OCH3 is 2. The smallest absolute Gasteiger partial charge is 0.446 e. The highest BCUT2D eigenvalue weighted by Gasteiger charge is 2.51. The average Bonchev–Trinajstić information content (AvgIpc) is 2.91. The highest BCUT2D eigenvalue weighted by molar-refractivity contribution is 7.81. The first-order chi connectivity index (χ1) is 12.8. The molecular formula is C19H21NO6S. The van der Waals surface area contributed by atoms with Crippen LogP contribution in [0.3, 0.4) is 0 Å². The molecule has 0 saturated carbocycles. The van der Waals surface area contributed by atoms with Gasteiger partial charge in [-0.05, 0) is 41.3 Å². The Bertz CT molecular complexity index is 980. The lowest BCUT2D eigenvalue weighted by molar-refractivity contribution is 0.0628. The molecule has 2 aliphatic heterocycles. The van der Waals surface area contributed by atoms with E-state index in [2.05, 4.69) is 11.5 Å². The van der Waals surface area contributed by atoms with Crippen molar-refractivity contribution in [2.75, 3.05) is 20.8 Å². The van der Waals surface area contributed by atoms with Crippen molar-refractivity contribution in [2.24, 2.45) is 0 Å². The summed E-state index contributed by atoms with van der Waals surface area (Å²) >= 11 is 0. The molecule has 27 heavy (non-hydrogen) atoms. The van der Waals surface area contributed by atoms with Crippen molar-refractivity contribution in [3.63, 3.8) is 0 Å². The molecule has 3 aliphatic rings. The molecule has 0 saturated heterocycles. The van der Waals surface area contributed by atoms with Crippen molar-refractivity contribution in [1.29, 1.82) is 0 Å². The Morgan fingerprint density at radius 3 is 2.74 bits per heavy atom. The van der Waals surface area contributed by atoms with Crippen LogP contribution in [0.1, 0.15) is 17.5 Å². The Hall–Kier alpha value is -2.29. The summed E-state index contributed by atoms with van der Waals surface area (Å²) in [5.41, 5.74) is 3.42. The van der Waals surface area contributed by atoms with Gasteiger partial charge in [-0.1, -0.05) is 18.7 Å². The van der Waals surface area contributed by atoms with Gasteiger partial charge in [0.2, 0.25) is 0 Å². The molecule has 0 amide bonds. The molecule has 0 aromatic heterocycles. The fourth-order valence-corrected chi connectivity index (χ4v) is 4.79. The topological polar surface area (TPSA) is 85.3 Å². The van der Waals surface area contributed by atoms with E-state index < -0.39 is 15.9 Å². The third kappa shape index (κ3) is 2.75. The molecule has 1 aromatic carbocycles. The van der Waals surface area contributed by atoms with Gasteiger partial charge in [0.1, 0.15) is 0 Å². The number of fused-ring (bicyclic) bond motifs is 1. The average molecular weight is 391 g/mol. The lowest BCUT2D eigenvalue weighted by Gasteiger charge is -2.49. The molecule has 1 aliphatic carbocycles. The molecule has 0 bridgehead atoms. The van der Waals surface area contributed by atoms with Gasteiger partial charge in [0.05, 0.1) is 18.8 Å². The van der Waals surface area contributed by atoms with Crippen molar-refractivity contribution in [3.8, 4) is 11.5 Å². The summed E-state index contributed by atoms with van der Waals surface area (Å²) in [5.74, 6) is 0.212. The second-order valence-corrected chi connectivity index (χ2v) is 7.88. The molecule has 144 valence electrons. The van der Waals surface area contributed by atoms with E-state index in [1.165, 1.54) is 7.11 Å². The van der Waals surface area contributed by atoms with E-state index in [-0.39, 0.29) is 17.6 Å². The molecule has 8 heteroatoms. The highest BCUT2D eigenvalue weighted by Crippen LogP contribution is 2.54. The minimum atomic E-state index is -4.68. The van der Waals surface area contributed by atoms with E-state index in [0.29, 0.717) is 6.42 Å². The molecular weight excluding hydrogens is 370 g/mol. The summed E-state index contributed by atoms with van der Waals surface area (Å²) in [6.45, 7) is 4.96. The highest BCUT2D eigenvalue weighted by atomic mass is 32.3. The molecule has 1 spiro atoms. The van der Waals surface area contributed by atoms with Crippen LogP contribution in [-0.2, 0) is 27.1 Å². The monoisotopic (exact) mass is 391 g/mol. The van der Waals surface area contributed by atoms with Crippen molar-refractivity contribution in [3.05, 3.63) is 59.3 Å². The van der Waals surface area contributed by atoms with Gasteiger partial charge in [-0.25, -0.2) is 0 Å². The Labute approximate surface area is 158 Å². The van der Waals surface area contributed by atoms with E-state index in [1.807, 2.05) is 18.2 Å². The second kappa shape index (κ2) is 6.12. The number of ether oxygens (including phenoxy) is 2. The number of rotatable bonds is 4. The lowest BCUT2D eigenvalue weighted by Crippen LogP contribution is -2.50. The molecule has 4 rings (SSSR count). The fourth-order valence-electron chi connectivity index (χ4n) is 4.43. The first-order valence-corrected chi connectivity index (χ1v) is 9.93. The van der Waals surface area contributed by atoms with Gasteiger partial charge < -0.3 is 18.6 Å². The maximum Gasteiger partial charge on any atom is 0.446 e.